The standard InChI is InChI=1S/C10H12BNO2/c1-7-3-4-11-9(5-7)8(6-13)10(14)12-2/h3-6,13H,1-2H3,(H,12,14). The summed E-state index contributed by atoms with van der Waals surface area (Å²) in [5, 5.41) is 11.4. The third-order valence-corrected chi connectivity index (χ3v) is 1.93. The number of carbonyl (C=O) groups excluding carboxylic acids is 1. The normalized spacial score (nSPS) is 10.9. The SMILES string of the molecule is CNC(=O)C(=CO)c1bccc(C)c1. The fourth-order valence-electron chi connectivity index (χ4n) is 1.21. The van der Waals surface area contributed by atoms with E-state index in [0.29, 0.717) is 5.46 Å². The molecule has 0 saturated heterocycles. The maximum absolute atomic E-state index is 11.3. The summed E-state index contributed by atoms with van der Waals surface area (Å²) < 4.78 is 0. The molecular weight excluding hydrogens is 177 g/mol. The Hall–Kier alpha value is -1.58. The number of nitrogens with one attached hydrogen (secondary N) is 1. The van der Waals surface area contributed by atoms with Crippen molar-refractivity contribution in [3.05, 3.63) is 35.4 Å². The average molecular weight is 189 g/mol. The van der Waals surface area contributed by atoms with Gasteiger partial charge in [0.15, 0.2) is 0 Å². The van der Waals surface area contributed by atoms with Gasteiger partial charge in [-0.3, -0.25) is 0 Å². The number of aryl methyl sites for hydroxylation is 1. The number of amides is 1. The third kappa shape index (κ3) is 2.22. The Morgan fingerprint density at radius 2 is 2.36 bits per heavy atom. The van der Waals surface area contributed by atoms with E-state index in [1.165, 1.54) is 7.05 Å². The quantitative estimate of drug-likeness (QED) is 0.538. The molecule has 0 spiro atoms. The van der Waals surface area contributed by atoms with Gasteiger partial charge in [-0.15, -0.1) is 0 Å². The van der Waals surface area contributed by atoms with Crippen molar-refractivity contribution >= 4 is 18.4 Å². The van der Waals surface area contributed by atoms with Crippen LogP contribution in [0.5, 0.6) is 0 Å². The monoisotopic (exact) mass is 189 g/mol. The van der Waals surface area contributed by atoms with Crippen molar-refractivity contribution < 1.29 is 9.90 Å². The van der Waals surface area contributed by atoms with Crippen molar-refractivity contribution in [1.29, 1.82) is 0 Å². The molecule has 2 N–H and O–H groups in total. The van der Waals surface area contributed by atoms with E-state index in [0.717, 1.165) is 11.8 Å². The third-order valence-electron chi connectivity index (χ3n) is 1.93. The van der Waals surface area contributed by atoms with Crippen molar-refractivity contribution in [2.45, 2.75) is 6.92 Å². The molecule has 4 heteroatoms. The number of aliphatic hydroxyl groups excluding tert-OH is 1. The average Bonchev–Trinajstić information content (AvgIpc) is 2.19. The Kier molecular flexibility index (Phi) is 3.45. The summed E-state index contributed by atoms with van der Waals surface area (Å²) in [4.78, 5) is 11.3. The van der Waals surface area contributed by atoms with Crippen LogP contribution >= 0.6 is 0 Å². The number of hydrogen-bond acceptors (Lipinski definition) is 2. The van der Waals surface area contributed by atoms with Crippen LogP contribution < -0.4 is 5.32 Å². The van der Waals surface area contributed by atoms with Gasteiger partial charge in [0, 0.05) is 0 Å². The van der Waals surface area contributed by atoms with E-state index in [9.17, 15) is 4.79 Å². The van der Waals surface area contributed by atoms with E-state index < -0.39 is 0 Å². The zero-order chi connectivity index (χ0) is 10.6. The molecule has 0 aliphatic rings. The molecular formula is C10H12BNO2. The van der Waals surface area contributed by atoms with Crippen LogP contribution in [-0.4, -0.2) is 25.0 Å². The Bertz CT molecular complexity index is 374. The number of aliphatic hydroxyl groups is 1. The van der Waals surface area contributed by atoms with Crippen LogP contribution in [0.4, 0.5) is 0 Å². The molecule has 1 amide bonds. The molecule has 0 saturated carbocycles. The van der Waals surface area contributed by atoms with E-state index >= 15 is 0 Å². The number of carbonyl (C=O) groups is 1. The minimum absolute atomic E-state index is 0.274. The molecule has 0 aromatic carbocycles. The Morgan fingerprint density at radius 3 is 2.86 bits per heavy atom. The Labute approximate surface area is 83.7 Å². The summed E-state index contributed by atoms with van der Waals surface area (Å²) in [6.45, 7) is 3.71. The fraction of sp³-hybridized carbons (Fsp3) is 0.200. The summed E-state index contributed by atoms with van der Waals surface area (Å²) >= 11 is 0. The van der Waals surface area contributed by atoms with Gasteiger partial charge in [0.1, 0.15) is 0 Å². The molecule has 0 aliphatic carbocycles. The molecule has 0 radical (unpaired) electrons. The first kappa shape index (κ1) is 10.5. The Balaban J connectivity index is 3.08. The maximum atomic E-state index is 11.3. The van der Waals surface area contributed by atoms with Gasteiger partial charge in [0.25, 0.3) is 0 Å². The molecule has 0 aliphatic heterocycles. The van der Waals surface area contributed by atoms with Gasteiger partial charge in [0.2, 0.25) is 0 Å². The second-order valence-electron chi connectivity index (χ2n) is 2.99. The summed E-state index contributed by atoms with van der Waals surface area (Å²) in [5.41, 5.74) is 2.04. The van der Waals surface area contributed by atoms with Crippen LogP contribution in [0, 0.1) is 6.92 Å². The molecule has 0 fully saturated rings. The van der Waals surface area contributed by atoms with E-state index in [1.807, 2.05) is 25.0 Å². The van der Waals surface area contributed by atoms with Gasteiger partial charge in [0.05, 0.1) is 0 Å². The number of likely N-dealkylation sites (N-methyl/N-ethyl adjacent to an activating group) is 1. The van der Waals surface area contributed by atoms with Crippen LogP contribution in [0.25, 0.3) is 5.57 Å². The molecule has 1 aromatic rings. The van der Waals surface area contributed by atoms with E-state index in [-0.39, 0.29) is 11.5 Å². The first-order chi connectivity index (χ1) is 6.69. The van der Waals surface area contributed by atoms with Crippen molar-refractivity contribution in [2.75, 3.05) is 7.05 Å². The van der Waals surface area contributed by atoms with Crippen molar-refractivity contribution in [3.8, 4) is 0 Å². The molecule has 72 valence electrons. The van der Waals surface area contributed by atoms with Crippen molar-refractivity contribution in [2.24, 2.45) is 0 Å². The minimum atomic E-state index is -0.293. The van der Waals surface area contributed by atoms with Gasteiger partial charge in [-0.1, -0.05) is 0 Å². The van der Waals surface area contributed by atoms with Gasteiger partial charge < -0.3 is 0 Å². The van der Waals surface area contributed by atoms with Gasteiger partial charge >= 0.3 is 83.0 Å². The zero-order valence-electron chi connectivity index (χ0n) is 8.24. The molecule has 0 bridgehead atoms. The van der Waals surface area contributed by atoms with Crippen LogP contribution in [0.15, 0.2) is 24.4 Å². The second-order valence-corrected chi connectivity index (χ2v) is 2.99. The summed E-state index contributed by atoms with van der Waals surface area (Å²) in [6, 6.07) is 3.78. The second kappa shape index (κ2) is 4.60. The van der Waals surface area contributed by atoms with Crippen LogP contribution in [-0.2, 0) is 4.79 Å². The van der Waals surface area contributed by atoms with E-state index in [2.05, 4.69) is 5.32 Å². The molecule has 1 heterocycles. The summed E-state index contributed by atoms with van der Waals surface area (Å²) in [7, 11) is 1.53. The molecule has 1 rings (SSSR count). The van der Waals surface area contributed by atoms with E-state index in [4.69, 9.17) is 5.11 Å². The zero-order valence-corrected chi connectivity index (χ0v) is 8.24. The van der Waals surface area contributed by atoms with Gasteiger partial charge in [-0.25, -0.2) is 0 Å². The molecule has 3 nitrogen and oxygen atoms in total. The summed E-state index contributed by atoms with van der Waals surface area (Å²) in [5.74, 6) is 1.55. The van der Waals surface area contributed by atoms with Crippen LogP contribution in [0.3, 0.4) is 0 Å². The topological polar surface area (TPSA) is 49.3 Å². The fourth-order valence-corrected chi connectivity index (χ4v) is 1.21. The van der Waals surface area contributed by atoms with E-state index in [1.54, 1.807) is 6.91 Å². The Morgan fingerprint density at radius 1 is 1.64 bits per heavy atom. The first-order valence-corrected chi connectivity index (χ1v) is 4.32. The van der Waals surface area contributed by atoms with Crippen molar-refractivity contribution in [3.63, 3.8) is 0 Å². The number of rotatable bonds is 2. The van der Waals surface area contributed by atoms with Crippen LogP contribution in [0.2, 0.25) is 0 Å². The predicted octanol–water partition coefficient (Wildman–Crippen LogP) is 0.978. The number of hydrogen-bond donors (Lipinski definition) is 2. The van der Waals surface area contributed by atoms with Gasteiger partial charge in [-0.2, -0.15) is 0 Å². The van der Waals surface area contributed by atoms with Crippen molar-refractivity contribution in [1.82, 2.24) is 5.32 Å². The molecule has 14 heavy (non-hydrogen) atoms. The van der Waals surface area contributed by atoms with Crippen LogP contribution in [0.1, 0.15) is 11.0 Å². The molecule has 0 unspecified atom stereocenters. The summed E-state index contributed by atoms with van der Waals surface area (Å²) in [6.07, 6.45) is 0.827. The molecule has 0 atom stereocenters. The van der Waals surface area contributed by atoms with Gasteiger partial charge in [-0.05, 0) is 0 Å². The molecule has 1 aromatic heterocycles. The predicted molar refractivity (Wildman–Crippen MR) is 57.2 cm³/mol. The first-order valence-electron chi connectivity index (χ1n) is 4.32.